The van der Waals surface area contributed by atoms with Crippen molar-refractivity contribution >= 4 is 44.4 Å². The summed E-state index contributed by atoms with van der Waals surface area (Å²) in [5.74, 6) is 0.122. The van der Waals surface area contributed by atoms with Gasteiger partial charge in [0.1, 0.15) is 0 Å². The van der Waals surface area contributed by atoms with Crippen molar-refractivity contribution in [3.05, 3.63) is 90.6 Å². The lowest BCUT2D eigenvalue weighted by Gasteiger charge is -2.04. The third kappa shape index (κ3) is 2.95. The number of rotatable bonds is 3. The molecule has 3 heteroatoms. The molecule has 1 heterocycles. The lowest BCUT2D eigenvalue weighted by atomic mass is 10.0. The molecule has 0 amide bonds. The van der Waals surface area contributed by atoms with Crippen molar-refractivity contribution in [1.29, 1.82) is 0 Å². The summed E-state index contributed by atoms with van der Waals surface area (Å²) in [7, 11) is 0. The number of benzene rings is 3. The first-order valence-corrected chi connectivity index (χ1v) is 7.71. The van der Waals surface area contributed by atoms with E-state index >= 15 is 0 Å². The minimum absolute atomic E-state index is 0. The molecule has 4 aromatic rings. The van der Waals surface area contributed by atoms with Crippen LogP contribution in [0.25, 0.3) is 21.7 Å². The number of aromatic nitrogens is 1. The lowest BCUT2D eigenvalue weighted by molar-refractivity contribution is -0.657. The Kier molecular flexibility index (Phi) is 4.72. The van der Waals surface area contributed by atoms with Gasteiger partial charge in [-0.05, 0) is 22.9 Å². The standard InChI is InChI=1S/C21H16NO.BrH/c23-21(17-8-2-1-3-9-17)15-22-14-6-11-19-18-10-5-4-7-16(18)12-13-20(19)22;/h1-14H,15H2;1H/q+1;. The van der Waals surface area contributed by atoms with Gasteiger partial charge in [-0.15, -0.1) is 17.0 Å². The highest BCUT2D eigenvalue weighted by Crippen LogP contribution is 2.22. The van der Waals surface area contributed by atoms with Crippen molar-refractivity contribution in [3.63, 3.8) is 0 Å². The number of halogens is 1. The molecule has 0 aliphatic carbocycles. The zero-order valence-corrected chi connectivity index (χ0v) is 14.8. The molecule has 0 atom stereocenters. The van der Waals surface area contributed by atoms with E-state index in [4.69, 9.17) is 0 Å². The van der Waals surface area contributed by atoms with Gasteiger partial charge in [-0.25, -0.2) is 0 Å². The third-order valence-electron chi connectivity index (χ3n) is 4.20. The van der Waals surface area contributed by atoms with Crippen LogP contribution in [0, 0.1) is 0 Å². The second-order valence-corrected chi connectivity index (χ2v) is 5.64. The maximum absolute atomic E-state index is 12.5. The molecule has 24 heavy (non-hydrogen) atoms. The number of carbonyl (C=O) groups is 1. The van der Waals surface area contributed by atoms with Crippen molar-refractivity contribution in [2.75, 3.05) is 0 Å². The Morgan fingerprint density at radius 3 is 2.29 bits per heavy atom. The molecular weight excluding hydrogens is 362 g/mol. The van der Waals surface area contributed by atoms with Crippen LogP contribution in [0.4, 0.5) is 0 Å². The van der Waals surface area contributed by atoms with Crippen LogP contribution >= 0.6 is 17.0 Å². The topological polar surface area (TPSA) is 20.9 Å². The predicted molar refractivity (Wildman–Crippen MR) is 103 cm³/mol. The van der Waals surface area contributed by atoms with E-state index in [1.54, 1.807) is 0 Å². The Bertz CT molecular complexity index is 1010. The summed E-state index contributed by atoms with van der Waals surface area (Å²) < 4.78 is 2.02. The van der Waals surface area contributed by atoms with Gasteiger partial charge in [-0.2, -0.15) is 4.57 Å². The first-order chi connectivity index (χ1) is 11.3. The molecule has 0 fully saturated rings. The summed E-state index contributed by atoms with van der Waals surface area (Å²) in [6, 6.07) is 26.1. The summed E-state index contributed by atoms with van der Waals surface area (Å²) in [4.78, 5) is 12.5. The van der Waals surface area contributed by atoms with Gasteiger partial charge >= 0.3 is 0 Å². The second kappa shape index (κ2) is 6.93. The van der Waals surface area contributed by atoms with Gasteiger partial charge in [0.25, 0.3) is 0 Å². The number of carbonyl (C=O) groups excluding carboxylic acids is 1. The molecule has 0 saturated heterocycles. The van der Waals surface area contributed by atoms with E-state index < -0.39 is 0 Å². The second-order valence-electron chi connectivity index (χ2n) is 5.64. The fraction of sp³-hybridized carbons (Fsp3) is 0.0476. The maximum atomic E-state index is 12.5. The monoisotopic (exact) mass is 378 g/mol. The molecule has 0 radical (unpaired) electrons. The Morgan fingerprint density at radius 1 is 0.750 bits per heavy atom. The summed E-state index contributed by atoms with van der Waals surface area (Å²) in [5.41, 5.74) is 1.83. The molecule has 0 aliphatic rings. The van der Waals surface area contributed by atoms with Gasteiger partial charge in [0, 0.05) is 17.7 Å². The van der Waals surface area contributed by atoms with Gasteiger partial charge < -0.3 is 0 Å². The molecule has 0 unspecified atom stereocenters. The van der Waals surface area contributed by atoms with Crippen molar-refractivity contribution in [2.45, 2.75) is 6.54 Å². The average Bonchev–Trinajstić information content (AvgIpc) is 2.62. The van der Waals surface area contributed by atoms with E-state index in [0.29, 0.717) is 6.54 Å². The minimum atomic E-state index is 0. The number of fused-ring (bicyclic) bond motifs is 3. The van der Waals surface area contributed by atoms with Crippen molar-refractivity contribution < 1.29 is 9.36 Å². The summed E-state index contributed by atoms with van der Waals surface area (Å²) in [5, 5.41) is 3.60. The summed E-state index contributed by atoms with van der Waals surface area (Å²) in [6.07, 6.45) is 1.97. The van der Waals surface area contributed by atoms with Gasteiger partial charge in [0.2, 0.25) is 17.8 Å². The van der Waals surface area contributed by atoms with Crippen LogP contribution in [-0.2, 0) is 6.54 Å². The normalized spacial score (nSPS) is 10.5. The van der Waals surface area contributed by atoms with Crippen LogP contribution in [0.3, 0.4) is 0 Å². The van der Waals surface area contributed by atoms with Crippen LogP contribution in [0.5, 0.6) is 0 Å². The Balaban J connectivity index is 0.00000169. The number of nitrogens with zero attached hydrogens (tertiary/aromatic N) is 1. The first kappa shape index (κ1) is 16.3. The summed E-state index contributed by atoms with van der Waals surface area (Å²) >= 11 is 0. The smallest absolute Gasteiger partial charge is 0.227 e. The van der Waals surface area contributed by atoms with E-state index in [-0.39, 0.29) is 22.8 Å². The Labute approximate surface area is 151 Å². The number of ketones is 1. The highest BCUT2D eigenvalue weighted by Gasteiger charge is 2.16. The van der Waals surface area contributed by atoms with E-state index in [2.05, 4.69) is 30.3 Å². The number of hydrogen-bond acceptors (Lipinski definition) is 1. The van der Waals surface area contributed by atoms with Crippen LogP contribution < -0.4 is 4.57 Å². The largest absolute Gasteiger partial charge is 0.287 e. The fourth-order valence-corrected chi connectivity index (χ4v) is 3.04. The lowest BCUT2D eigenvalue weighted by Crippen LogP contribution is -2.38. The third-order valence-corrected chi connectivity index (χ3v) is 4.20. The van der Waals surface area contributed by atoms with Gasteiger partial charge in [0.15, 0.2) is 6.20 Å². The SMILES string of the molecule is Br.O=C(C[n+]1cccc2c3ccccc3ccc21)c1ccccc1. The van der Waals surface area contributed by atoms with Crippen molar-refractivity contribution in [3.8, 4) is 0 Å². The average molecular weight is 379 g/mol. The molecule has 0 saturated carbocycles. The predicted octanol–water partition coefficient (Wildman–Crippen LogP) is 4.74. The Morgan fingerprint density at radius 2 is 1.46 bits per heavy atom. The van der Waals surface area contributed by atoms with E-state index in [0.717, 1.165) is 11.1 Å². The van der Waals surface area contributed by atoms with Gasteiger partial charge in [0.05, 0.1) is 5.39 Å². The molecule has 0 aliphatic heterocycles. The highest BCUT2D eigenvalue weighted by molar-refractivity contribution is 8.93. The quantitative estimate of drug-likeness (QED) is 0.286. The first-order valence-electron chi connectivity index (χ1n) is 7.71. The van der Waals surface area contributed by atoms with E-state index in [1.807, 2.05) is 59.3 Å². The zero-order chi connectivity index (χ0) is 15.6. The zero-order valence-electron chi connectivity index (χ0n) is 13.1. The maximum Gasteiger partial charge on any atom is 0.227 e. The molecular formula is C21H17BrNO+. The highest BCUT2D eigenvalue weighted by atomic mass is 79.9. The van der Waals surface area contributed by atoms with E-state index in [1.165, 1.54) is 16.2 Å². The van der Waals surface area contributed by atoms with Crippen molar-refractivity contribution in [1.82, 2.24) is 0 Å². The molecule has 1 aromatic heterocycles. The molecule has 0 N–H and O–H groups in total. The van der Waals surface area contributed by atoms with Crippen molar-refractivity contribution in [2.24, 2.45) is 0 Å². The van der Waals surface area contributed by atoms with Crippen LogP contribution in [0.1, 0.15) is 10.4 Å². The van der Waals surface area contributed by atoms with Gasteiger partial charge in [-0.3, -0.25) is 4.79 Å². The van der Waals surface area contributed by atoms with Crippen LogP contribution in [0.15, 0.2) is 85.1 Å². The van der Waals surface area contributed by atoms with Crippen LogP contribution in [0.2, 0.25) is 0 Å². The fourth-order valence-electron chi connectivity index (χ4n) is 3.04. The molecule has 118 valence electrons. The molecule has 0 bridgehead atoms. The van der Waals surface area contributed by atoms with E-state index in [9.17, 15) is 4.79 Å². The van der Waals surface area contributed by atoms with Crippen LogP contribution in [-0.4, -0.2) is 5.78 Å². The molecule has 0 spiro atoms. The molecule has 2 nitrogen and oxygen atoms in total. The molecule has 4 rings (SSSR count). The number of Topliss-reactive ketones (excluding diaryl/α,β-unsaturated/α-hetero) is 1. The molecule has 3 aromatic carbocycles. The number of hydrogen-bond donors (Lipinski definition) is 0. The van der Waals surface area contributed by atoms with Gasteiger partial charge in [-0.1, -0.05) is 54.6 Å². The number of pyridine rings is 1. The summed E-state index contributed by atoms with van der Waals surface area (Å²) in [6.45, 7) is 0.347. The minimum Gasteiger partial charge on any atom is -0.287 e. The Hall–Kier alpha value is -2.52.